The number of nitrogens with one attached hydrogen (secondary N) is 1. The summed E-state index contributed by atoms with van der Waals surface area (Å²) in [6.07, 6.45) is 0. The molecule has 0 aromatic heterocycles. The molecular formula is C12H14ClNO2. The number of halogens is 1. The van der Waals surface area contributed by atoms with Crippen molar-refractivity contribution in [2.45, 2.75) is 6.92 Å². The van der Waals surface area contributed by atoms with Crippen molar-refractivity contribution in [3.63, 3.8) is 0 Å². The molecule has 1 aromatic carbocycles. The number of amides is 1. The van der Waals surface area contributed by atoms with Crippen molar-refractivity contribution in [3.8, 4) is 5.75 Å². The van der Waals surface area contributed by atoms with Crippen LogP contribution in [0.1, 0.15) is 6.92 Å². The van der Waals surface area contributed by atoms with E-state index in [1.165, 1.54) is 0 Å². The minimum atomic E-state index is -0.178. The second-order valence-electron chi connectivity index (χ2n) is 3.48. The summed E-state index contributed by atoms with van der Waals surface area (Å²) < 4.78 is 5.25. The van der Waals surface area contributed by atoms with E-state index in [4.69, 9.17) is 16.3 Å². The molecule has 0 atom stereocenters. The van der Waals surface area contributed by atoms with Gasteiger partial charge in [0.2, 0.25) is 0 Å². The molecule has 0 heterocycles. The Morgan fingerprint density at radius 3 is 2.94 bits per heavy atom. The molecule has 0 saturated carbocycles. The van der Waals surface area contributed by atoms with Crippen molar-refractivity contribution in [1.29, 1.82) is 0 Å². The lowest BCUT2D eigenvalue weighted by Crippen LogP contribution is -2.29. The highest BCUT2D eigenvalue weighted by Crippen LogP contribution is 2.16. The first-order valence-corrected chi connectivity index (χ1v) is 5.25. The van der Waals surface area contributed by atoms with E-state index in [1.54, 1.807) is 24.3 Å². The van der Waals surface area contributed by atoms with Gasteiger partial charge < -0.3 is 10.1 Å². The predicted octanol–water partition coefficient (Wildman–Crippen LogP) is 2.41. The van der Waals surface area contributed by atoms with Crippen LogP contribution in [-0.4, -0.2) is 19.1 Å². The molecule has 4 heteroatoms. The minimum Gasteiger partial charge on any atom is -0.484 e. The third-order valence-corrected chi connectivity index (χ3v) is 1.99. The zero-order valence-corrected chi connectivity index (χ0v) is 9.88. The molecule has 86 valence electrons. The van der Waals surface area contributed by atoms with E-state index < -0.39 is 0 Å². The molecule has 0 aliphatic heterocycles. The Morgan fingerprint density at radius 2 is 2.31 bits per heavy atom. The molecule has 1 N–H and O–H groups in total. The molecular weight excluding hydrogens is 226 g/mol. The number of hydrogen-bond acceptors (Lipinski definition) is 2. The number of hydrogen-bond donors (Lipinski definition) is 1. The summed E-state index contributed by atoms with van der Waals surface area (Å²) >= 11 is 5.77. The average Bonchev–Trinajstić information content (AvgIpc) is 2.23. The molecule has 1 rings (SSSR count). The molecule has 0 fully saturated rings. The van der Waals surface area contributed by atoms with Crippen LogP contribution >= 0.6 is 11.6 Å². The van der Waals surface area contributed by atoms with E-state index in [-0.39, 0.29) is 12.5 Å². The van der Waals surface area contributed by atoms with Crippen molar-refractivity contribution >= 4 is 17.5 Å². The fourth-order valence-corrected chi connectivity index (χ4v) is 1.19. The Morgan fingerprint density at radius 1 is 1.56 bits per heavy atom. The summed E-state index contributed by atoms with van der Waals surface area (Å²) in [4.78, 5) is 11.3. The van der Waals surface area contributed by atoms with Gasteiger partial charge >= 0.3 is 0 Å². The fraction of sp³-hybridized carbons (Fsp3) is 0.250. The predicted molar refractivity (Wildman–Crippen MR) is 64.8 cm³/mol. The molecule has 0 bridgehead atoms. The van der Waals surface area contributed by atoms with Gasteiger partial charge in [-0.15, -0.1) is 0 Å². The largest absolute Gasteiger partial charge is 0.484 e. The lowest BCUT2D eigenvalue weighted by Gasteiger charge is -2.07. The highest BCUT2D eigenvalue weighted by Gasteiger charge is 2.02. The van der Waals surface area contributed by atoms with E-state index in [0.717, 1.165) is 5.57 Å². The Balaban J connectivity index is 2.34. The maximum Gasteiger partial charge on any atom is 0.258 e. The maximum atomic E-state index is 11.3. The van der Waals surface area contributed by atoms with Crippen molar-refractivity contribution in [2.24, 2.45) is 0 Å². The monoisotopic (exact) mass is 239 g/mol. The molecule has 1 aromatic rings. The number of ether oxygens (including phenoxy) is 1. The van der Waals surface area contributed by atoms with Crippen LogP contribution in [0, 0.1) is 0 Å². The first-order chi connectivity index (χ1) is 7.58. The summed E-state index contributed by atoms with van der Waals surface area (Å²) in [6.45, 7) is 5.98. The van der Waals surface area contributed by atoms with Crippen LogP contribution in [0.3, 0.4) is 0 Å². The van der Waals surface area contributed by atoms with Crippen molar-refractivity contribution in [2.75, 3.05) is 13.2 Å². The molecule has 0 aliphatic carbocycles. The summed E-state index contributed by atoms with van der Waals surface area (Å²) in [5.41, 5.74) is 0.899. The molecule has 1 amide bonds. The Hall–Kier alpha value is -1.48. The van der Waals surface area contributed by atoms with Crippen LogP contribution in [-0.2, 0) is 4.79 Å². The van der Waals surface area contributed by atoms with Gasteiger partial charge in [-0.3, -0.25) is 4.79 Å². The Bertz CT molecular complexity index is 390. The molecule has 0 radical (unpaired) electrons. The zero-order chi connectivity index (χ0) is 12.0. The highest BCUT2D eigenvalue weighted by molar-refractivity contribution is 6.30. The molecule has 16 heavy (non-hydrogen) atoms. The van der Waals surface area contributed by atoms with E-state index >= 15 is 0 Å². The van der Waals surface area contributed by atoms with Crippen LogP contribution in [0.25, 0.3) is 0 Å². The van der Waals surface area contributed by atoms with E-state index in [0.29, 0.717) is 17.3 Å². The van der Waals surface area contributed by atoms with Crippen LogP contribution in [0.5, 0.6) is 5.75 Å². The van der Waals surface area contributed by atoms with E-state index in [1.807, 2.05) is 6.92 Å². The van der Waals surface area contributed by atoms with Crippen LogP contribution < -0.4 is 10.1 Å². The van der Waals surface area contributed by atoms with Crippen LogP contribution in [0.4, 0.5) is 0 Å². The van der Waals surface area contributed by atoms with Crippen molar-refractivity contribution in [1.82, 2.24) is 5.32 Å². The van der Waals surface area contributed by atoms with Crippen LogP contribution in [0.2, 0.25) is 5.02 Å². The smallest absolute Gasteiger partial charge is 0.258 e. The zero-order valence-electron chi connectivity index (χ0n) is 9.13. The third-order valence-electron chi connectivity index (χ3n) is 1.75. The van der Waals surface area contributed by atoms with Gasteiger partial charge in [0, 0.05) is 11.6 Å². The third kappa shape index (κ3) is 4.84. The minimum absolute atomic E-state index is 0.0202. The Labute approximate surface area is 100 Å². The van der Waals surface area contributed by atoms with Gasteiger partial charge in [-0.1, -0.05) is 29.8 Å². The van der Waals surface area contributed by atoms with Gasteiger partial charge in [0.15, 0.2) is 6.61 Å². The summed E-state index contributed by atoms with van der Waals surface area (Å²) in [5, 5.41) is 3.25. The van der Waals surface area contributed by atoms with Gasteiger partial charge in [0.1, 0.15) is 5.75 Å². The SMILES string of the molecule is C=C(C)CNC(=O)COc1cccc(Cl)c1. The number of benzene rings is 1. The number of carbonyl (C=O) groups is 1. The molecule has 0 saturated heterocycles. The highest BCUT2D eigenvalue weighted by atomic mass is 35.5. The maximum absolute atomic E-state index is 11.3. The van der Waals surface area contributed by atoms with Gasteiger partial charge in [-0.05, 0) is 25.1 Å². The first-order valence-electron chi connectivity index (χ1n) is 4.87. The molecule has 3 nitrogen and oxygen atoms in total. The lowest BCUT2D eigenvalue weighted by atomic mass is 10.3. The van der Waals surface area contributed by atoms with Gasteiger partial charge in [-0.2, -0.15) is 0 Å². The van der Waals surface area contributed by atoms with E-state index in [9.17, 15) is 4.79 Å². The summed E-state index contributed by atoms with van der Waals surface area (Å²) in [5.74, 6) is 0.404. The topological polar surface area (TPSA) is 38.3 Å². The molecule has 0 aliphatic rings. The molecule has 0 unspecified atom stereocenters. The van der Waals surface area contributed by atoms with Gasteiger partial charge in [-0.25, -0.2) is 0 Å². The Kier molecular flexibility index (Phi) is 4.86. The second-order valence-corrected chi connectivity index (χ2v) is 3.92. The number of carbonyl (C=O) groups excluding carboxylic acids is 1. The van der Waals surface area contributed by atoms with Gasteiger partial charge in [0.25, 0.3) is 5.91 Å². The summed E-state index contributed by atoms with van der Waals surface area (Å²) in [6, 6.07) is 6.92. The van der Waals surface area contributed by atoms with E-state index in [2.05, 4.69) is 11.9 Å². The fourth-order valence-electron chi connectivity index (χ4n) is 1.01. The standard InChI is InChI=1S/C12H14ClNO2/c1-9(2)7-14-12(15)8-16-11-5-3-4-10(13)6-11/h3-6H,1,7-8H2,2H3,(H,14,15). The van der Waals surface area contributed by atoms with Gasteiger partial charge in [0.05, 0.1) is 0 Å². The average molecular weight is 240 g/mol. The quantitative estimate of drug-likeness (QED) is 0.802. The van der Waals surface area contributed by atoms with Crippen molar-refractivity contribution < 1.29 is 9.53 Å². The first kappa shape index (κ1) is 12.6. The lowest BCUT2D eigenvalue weighted by molar-refractivity contribution is -0.122. The normalized spacial score (nSPS) is 9.62. The molecule has 0 spiro atoms. The number of rotatable bonds is 5. The second kappa shape index (κ2) is 6.18. The van der Waals surface area contributed by atoms with Crippen LogP contribution in [0.15, 0.2) is 36.4 Å². The van der Waals surface area contributed by atoms with Crippen molar-refractivity contribution in [3.05, 3.63) is 41.4 Å². The summed E-state index contributed by atoms with van der Waals surface area (Å²) in [7, 11) is 0.